The van der Waals surface area contributed by atoms with E-state index in [1.165, 1.54) is 0 Å². The number of aromatic nitrogens is 4. The number of nitrogens with one attached hydrogen (secondary N) is 1. The van der Waals surface area contributed by atoms with Crippen LogP contribution in [-0.4, -0.2) is 37.3 Å². The first-order valence-corrected chi connectivity index (χ1v) is 7.93. The van der Waals surface area contributed by atoms with E-state index >= 15 is 0 Å². The number of halogens is 3. The molecule has 132 valence electrons. The van der Waals surface area contributed by atoms with Gasteiger partial charge < -0.3 is 10.4 Å². The normalized spacial score (nSPS) is 25.2. The molecule has 1 aliphatic carbocycles. The van der Waals surface area contributed by atoms with Gasteiger partial charge in [0.2, 0.25) is 0 Å². The van der Waals surface area contributed by atoms with Crippen LogP contribution in [0.5, 0.6) is 0 Å². The maximum absolute atomic E-state index is 12.8. The lowest BCUT2D eigenvalue weighted by Gasteiger charge is -2.38. The third-order valence-electron chi connectivity index (χ3n) is 4.65. The standard InChI is InChI=1S/C15H20F3N5O/c1-9-7-11(19-8-14(2)6-4-3-5-10(14)24)23-13(20-9)21-12(22-23)15(16,17)18/h7,10,19,24H,3-6,8H2,1-2H3. The first-order valence-electron chi connectivity index (χ1n) is 7.93. The van der Waals surface area contributed by atoms with Crippen molar-refractivity contribution in [1.29, 1.82) is 0 Å². The van der Waals surface area contributed by atoms with E-state index in [-0.39, 0.29) is 11.2 Å². The maximum atomic E-state index is 12.8. The molecule has 2 heterocycles. The van der Waals surface area contributed by atoms with Crippen LogP contribution in [0, 0.1) is 12.3 Å². The molecule has 2 atom stereocenters. The first-order chi connectivity index (χ1) is 11.2. The van der Waals surface area contributed by atoms with Gasteiger partial charge >= 0.3 is 6.18 Å². The molecule has 2 aromatic heterocycles. The second kappa shape index (κ2) is 5.87. The number of nitrogens with zero attached hydrogens (tertiary/aromatic N) is 4. The Hall–Kier alpha value is -1.90. The Bertz CT molecular complexity index is 745. The summed E-state index contributed by atoms with van der Waals surface area (Å²) in [6.07, 6.45) is -1.43. The lowest BCUT2D eigenvalue weighted by Crippen LogP contribution is -2.41. The molecular weight excluding hydrogens is 323 g/mol. The van der Waals surface area contributed by atoms with Crippen molar-refractivity contribution in [2.24, 2.45) is 5.41 Å². The van der Waals surface area contributed by atoms with Crippen molar-refractivity contribution in [3.63, 3.8) is 0 Å². The van der Waals surface area contributed by atoms with Crippen LogP contribution in [0.1, 0.15) is 44.1 Å². The van der Waals surface area contributed by atoms with Gasteiger partial charge in [0.1, 0.15) is 5.82 Å². The molecule has 0 radical (unpaired) electrons. The third-order valence-corrected chi connectivity index (χ3v) is 4.65. The summed E-state index contributed by atoms with van der Waals surface area (Å²) in [6.45, 7) is 4.11. The van der Waals surface area contributed by atoms with Gasteiger partial charge in [0.25, 0.3) is 11.6 Å². The molecule has 0 aliphatic heterocycles. The second-order valence-electron chi connectivity index (χ2n) is 6.70. The Balaban J connectivity index is 1.90. The van der Waals surface area contributed by atoms with Crippen molar-refractivity contribution in [3.8, 4) is 0 Å². The number of fused-ring (bicyclic) bond motifs is 1. The number of alkyl halides is 3. The average molecular weight is 343 g/mol. The van der Waals surface area contributed by atoms with Crippen LogP contribution in [0.4, 0.5) is 19.0 Å². The van der Waals surface area contributed by atoms with Gasteiger partial charge in [-0.05, 0) is 19.8 Å². The molecule has 3 rings (SSSR count). The molecule has 0 spiro atoms. The Morgan fingerprint density at radius 2 is 2.12 bits per heavy atom. The van der Waals surface area contributed by atoms with Crippen molar-refractivity contribution in [1.82, 2.24) is 19.6 Å². The van der Waals surface area contributed by atoms with E-state index in [0.29, 0.717) is 18.1 Å². The highest BCUT2D eigenvalue weighted by Crippen LogP contribution is 2.36. The molecule has 1 fully saturated rings. The zero-order valence-electron chi connectivity index (χ0n) is 13.6. The highest BCUT2D eigenvalue weighted by atomic mass is 19.4. The Morgan fingerprint density at radius 3 is 2.79 bits per heavy atom. The lowest BCUT2D eigenvalue weighted by molar-refractivity contribution is -0.144. The quantitative estimate of drug-likeness (QED) is 0.896. The number of aryl methyl sites for hydroxylation is 1. The van der Waals surface area contributed by atoms with Crippen molar-refractivity contribution in [3.05, 3.63) is 17.6 Å². The molecule has 24 heavy (non-hydrogen) atoms. The van der Waals surface area contributed by atoms with Crippen LogP contribution >= 0.6 is 0 Å². The SMILES string of the molecule is Cc1cc(NCC2(C)CCCCC2O)n2nc(C(F)(F)F)nc2n1. The van der Waals surface area contributed by atoms with Crippen LogP contribution in [0.2, 0.25) is 0 Å². The van der Waals surface area contributed by atoms with E-state index in [4.69, 9.17) is 0 Å². The van der Waals surface area contributed by atoms with Crippen molar-refractivity contribution < 1.29 is 18.3 Å². The van der Waals surface area contributed by atoms with Gasteiger partial charge in [-0.1, -0.05) is 19.8 Å². The van der Waals surface area contributed by atoms with Crippen molar-refractivity contribution >= 4 is 11.6 Å². The fourth-order valence-corrected chi connectivity index (χ4v) is 3.11. The fourth-order valence-electron chi connectivity index (χ4n) is 3.11. The zero-order chi connectivity index (χ0) is 17.5. The van der Waals surface area contributed by atoms with Gasteiger partial charge in [0, 0.05) is 23.7 Å². The highest BCUT2D eigenvalue weighted by molar-refractivity contribution is 5.45. The summed E-state index contributed by atoms with van der Waals surface area (Å²) in [5.74, 6) is -0.925. The Labute approximate surface area is 137 Å². The number of aliphatic hydroxyl groups excluding tert-OH is 1. The highest BCUT2D eigenvalue weighted by Gasteiger charge is 2.37. The average Bonchev–Trinajstić information content (AvgIpc) is 2.92. The first kappa shape index (κ1) is 16.9. The molecular formula is C15H20F3N5O. The van der Waals surface area contributed by atoms with Crippen LogP contribution in [0.25, 0.3) is 5.78 Å². The minimum atomic E-state index is -4.62. The van der Waals surface area contributed by atoms with Gasteiger partial charge in [0.15, 0.2) is 0 Å². The summed E-state index contributed by atoms with van der Waals surface area (Å²) in [4.78, 5) is 7.46. The summed E-state index contributed by atoms with van der Waals surface area (Å²) in [7, 11) is 0. The summed E-state index contributed by atoms with van der Waals surface area (Å²) >= 11 is 0. The third kappa shape index (κ3) is 3.17. The number of hydrogen-bond donors (Lipinski definition) is 2. The molecule has 0 aromatic carbocycles. The van der Waals surface area contributed by atoms with Crippen LogP contribution in [0.3, 0.4) is 0 Å². The van der Waals surface area contributed by atoms with Crippen molar-refractivity contribution in [2.45, 2.75) is 51.8 Å². The van der Waals surface area contributed by atoms with E-state index in [9.17, 15) is 18.3 Å². The van der Waals surface area contributed by atoms with Crippen LogP contribution in [0.15, 0.2) is 6.07 Å². The van der Waals surface area contributed by atoms with Gasteiger partial charge in [-0.15, -0.1) is 5.10 Å². The van der Waals surface area contributed by atoms with Gasteiger partial charge in [-0.25, -0.2) is 4.98 Å². The molecule has 0 saturated heterocycles. The number of aliphatic hydroxyl groups is 1. The molecule has 2 N–H and O–H groups in total. The zero-order valence-corrected chi connectivity index (χ0v) is 13.6. The van der Waals surface area contributed by atoms with Gasteiger partial charge in [-0.2, -0.15) is 22.7 Å². The molecule has 2 unspecified atom stereocenters. The van der Waals surface area contributed by atoms with E-state index in [0.717, 1.165) is 30.2 Å². The van der Waals surface area contributed by atoms with E-state index in [2.05, 4.69) is 20.4 Å². The maximum Gasteiger partial charge on any atom is 0.453 e. The van der Waals surface area contributed by atoms with Crippen molar-refractivity contribution in [2.75, 3.05) is 11.9 Å². The van der Waals surface area contributed by atoms with E-state index < -0.39 is 18.1 Å². The largest absolute Gasteiger partial charge is 0.453 e. The molecule has 9 heteroatoms. The summed E-state index contributed by atoms with van der Waals surface area (Å²) in [5.41, 5.74) is 0.218. The molecule has 1 aliphatic rings. The molecule has 1 saturated carbocycles. The van der Waals surface area contributed by atoms with E-state index in [1.807, 2.05) is 6.92 Å². The minimum absolute atomic E-state index is 0.0980. The lowest BCUT2D eigenvalue weighted by atomic mass is 9.73. The Kier molecular flexibility index (Phi) is 4.15. The van der Waals surface area contributed by atoms with Gasteiger partial charge in [-0.3, -0.25) is 0 Å². The second-order valence-corrected chi connectivity index (χ2v) is 6.70. The number of anilines is 1. The smallest absolute Gasteiger partial charge is 0.392 e. The summed E-state index contributed by atoms with van der Waals surface area (Å²) in [5, 5.41) is 16.9. The monoisotopic (exact) mass is 343 g/mol. The summed E-state index contributed by atoms with van der Waals surface area (Å²) in [6, 6.07) is 1.63. The van der Waals surface area contributed by atoms with Gasteiger partial charge in [0.05, 0.1) is 6.10 Å². The number of rotatable bonds is 3. The Morgan fingerprint density at radius 1 is 1.38 bits per heavy atom. The summed E-state index contributed by atoms with van der Waals surface area (Å²) < 4.78 is 39.5. The van der Waals surface area contributed by atoms with Crippen LogP contribution in [-0.2, 0) is 6.18 Å². The molecule has 0 amide bonds. The fraction of sp³-hybridized carbons (Fsp3) is 0.667. The molecule has 0 bridgehead atoms. The van der Waals surface area contributed by atoms with Crippen LogP contribution < -0.4 is 5.32 Å². The topological polar surface area (TPSA) is 75.3 Å². The molecule has 2 aromatic rings. The minimum Gasteiger partial charge on any atom is -0.392 e. The number of hydrogen-bond acceptors (Lipinski definition) is 5. The predicted octanol–water partition coefficient (Wildman–Crippen LogP) is 2.80. The predicted molar refractivity (Wildman–Crippen MR) is 81.6 cm³/mol. The van der Waals surface area contributed by atoms with E-state index in [1.54, 1.807) is 13.0 Å². The molecule has 6 nitrogen and oxygen atoms in total.